The van der Waals surface area contributed by atoms with E-state index in [2.05, 4.69) is 11.6 Å². The second kappa shape index (κ2) is 8.55. The summed E-state index contributed by atoms with van der Waals surface area (Å²) in [5.41, 5.74) is 0.771. The Hall–Kier alpha value is -1.50. The molecular weight excluding hydrogens is 350 g/mol. The molecule has 0 radical (unpaired) electrons. The van der Waals surface area contributed by atoms with E-state index in [-0.39, 0.29) is 11.4 Å². The van der Waals surface area contributed by atoms with Crippen molar-refractivity contribution in [2.45, 2.75) is 44.6 Å². The third-order valence-corrected chi connectivity index (χ3v) is 5.37. The normalized spacial score (nSPS) is 11.6. The molecule has 0 aliphatic carbocycles. The van der Waals surface area contributed by atoms with Crippen molar-refractivity contribution in [2.75, 3.05) is 6.61 Å². The molecule has 0 unspecified atom stereocenters. The zero-order valence-corrected chi connectivity index (χ0v) is 15.4. The highest BCUT2D eigenvalue weighted by atomic mass is 35.5. The molecule has 1 aromatic carbocycles. The van der Waals surface area contributed by atoms with Crippen LogP contribution in [0.5, 0.6) is 5.75 Å². The highest BCUT2D eigenvalue weighted by Crippen LogP contribution is 2.30. The Bertz CT molecular complexity index is 757. The molecule has 0 spiro atoms. The lowest BCUT2D eigenvalue weighted by atomic mass is 10.2. The van der Waals surface area contributed by atoms with E-state index in [0.717, 1.165) is 24.8 Å². The molecule has 5 nitrogen and oxygen atoms in total. The summed E-state index contributed by atoms with van der Waals surface area (Å²) >= 11 is 6.11. The zero-order chi connectivity index (χ0) is 17.6. The third-order valence-electron chi connectivity index (χ3n) is 3.54. The Kier molecular flexibility index (Phi) is 6.71. The summed E-state index contributed by atoms with van der Waals surface area (Å²) in [6, 6.07) is 6.49. The van der Waals surface area contributed by atoms with Crippen LogP contribution < -0.4 is 9.46 Å². The minimum Gasteiger partial charge on any atom is -0.492 e. The number of aryl methyl sites for hydroxylation is 1. The summed E-state index contributed by atoms with van der Waals surface area (Å²) in [4.78, 5) is 0.0427. The van der Waals surface area contributed by atoms with Crippen LogP contribution in [0.2, 0.25) is 5.02 Å². The molecule has 1 N–H and O–H groups in total. The molecule has 1 aromatic heterocycles. The summed E-state index contributed by atoms with van der Waals surface area (Å²) < 4.78 is 38.6. The van der Waals surface area contributed by atoms with Gasteiger partial charge in [-0.2, -0.15) is 0 Å². The Balaban J connectivity index is 2.20. The van der Waals surface area contributed by atoms with Crippen molar-refractivity contribution in [2.24, 2.45) is 0 Å². The second-order valence-electron chi connectivity index (χ2n) is 5.51. The number of furan rings is 1. The number of sulfonamides is 1. The molecular formula is C17H22ClNO4S. The number of rotatable bonds is 9. The van der Waals surface area contributed by atoms with Gasteiger partial charge in [0.15, 0.2) is 0 Å². The fourth-order valence-electron chi connectivity index (χ4n) is 2.15. The standard InChI is InChI=1S/C17H22ClNO4S/c1-3-4-5-8-23-16-10-13(2)15(18)11-17(16)24(20,21)19-12-14-7-6-9-22-14/h6-7,9-11,19H,3-5,8,12H2,1-2H3. The van der Waals surface area contributed by atoms with Gasteiger partial charge < -0.3 is 9.15 Å². The maximum absolute atomic E-state index is 12.6. The number of halogens is 1. The average molecular weight is 372 g/mol. The van der Waals surface area contributed by atoms with Crippen molar-refractivity contribution < 1.29 is 17.6 Å². The minimum atomic E-state index is -3.77. The van der Waals surface area contributed by atoms with Gasteiger partial charge >= 0.3 is 0 Å². The van der Waals surface area contributed by atoms with Crippen LogP contribution in [0.1, 0.15) is 37.5 Å². The maximum Gasteiger partial charge on any atom is 0.244 e. The number of ether oxygens (including phenoxy) is 1. The summed E-state index contributed by atoms with van der Waals surface area (Å²) in [5, 5.41) is 0.384. The van der Waals surface area contributed by atoms with E-state index in [4.69, 9.17) is 20.8 Å². The molecule has 0 aliphatic rings. The molecule has 7 heteroatoms. The highest BCUT2D eigenvalue weighted by Gasteiger charge is 2.21. The van der Waals surface area contributed by atoms with Crippen LogP contribution in [-0.2, 0) is 16.6 Å². The van der Waals surface area contributed by atoms with Gasteiger partial charge in [-0.1, -0.05) is 31.4 Å². The van der Waals surface area contributed by atoms with Gasteiger partial charge in [0.2, 0.25) is 10.0 Å². The molecule has 2 rings (SSSR count). The first-order valence-corrected chi connectivity index (χ1v) is 9.75. The number of hydrogen-bond donors (Lipinski definition) is 1. The van der Waals surface area contributed by atoms with Crippen LogP contribution in [-0.4, -0.2) is 15.0 Å². The smallest absolute Gasteiger partial charge is 0.244 e. The molecule has 24 heavy (non-hydrogen) atoms. The van der Waals surface area contributed by atoms with E-state index < -0.39 is 10.0 Å². The fraction of sp³-hybridized carbons (Fsp3) is 0.412. The SMILES string of the molecule is CCCCCOc1cc(C)c(Cl)cc1S(=O)(=O)NCc1ccco1. The lowest BCUT2D eigenvalue weighted by molar-refractivity contribution is 0.298. The quantitative estimate of drug-likeness (QED) is 0.667. The number of unbranched alkanes of at least 4 members (excludes halogenated alkanes) is 2. The minimum absolute atomic E-state index is 0.0427. The van der Waals surface area contributed by atoms with E-state index in [1.54, 1.807) is 18.2 Å². The van der Waals surface area contributed by atoms with Gasteiger partial charge in [0.1, 0.15) is 16.4 Å². The van der Waals surface area contributed by atoms with Gasteiger partial charge in [-0.25, -0.2) is 13.1 Å². The van der Waals surface area contributed by atoms with E-state index in [1.165, 1.54) is 12.3 Å². The van der Waals surface area contributed by atoms with Crippen molar-refractivity contribution in [1.82, 2.24) is 4.72 Å². The highest BCUT2D eigenvalue weighted by molar-refractivity contribution is 7.89. The Labute approximate surface area is 148 Å². The third kappa shape index (κ3) is 5.00. The molecule has 132 valence electrons. The Morgan fingerprint density at radius 2 is 2.08 bits per heavy atom. The molecule has 0 aliphatic heterocycles. The molecule has 0 atom stereocenters. The van der Waals surface area contributed by atoms with E-state index in [0.29, 0.717) is 23.1 Å². The molecule has 0 bridgehead atoms. The van der Waals surface area contributed by atoms with E-state index in [1.807, 2.05) is 6.92 Å². The summed E-state index contributed by atoms with van der Waals surface area (Å²) in [5.74, 6) is 0.849. The molecule has 1 heterocycles. The summed E-state index contributed by atoms with van der Waals surface area (Å²) in [7, 11) is -3.77. The predicted molar refractivity (Wildman–Crippen MR) is 93.9 cm³/mol. The van der Waals surface area contributed by atoms with Crippen LogP contribution in [0.15, 0.2) is 39.8 Å². The molecule has 0 saturated carbocycles. The van der Waals surface area contributed by atoms with Crippen LogP contribution in [0.4, 0.5) is 0 Å². The van der Waals surface area contributed by atoms with Gasteiger partial charge in [0, 0.05) is 5.02 Å². The maximum atomic E-state index is 12.6. The van der Waals surface area contributed by atoms with Gasteiger partial charge in [-0.3, -0.25) is 0 Å². The lowest BCUT2D eigenvalue weighted by Crippen LogP contribution is -2.24. The largest absolute Gasteiger partial charge is 0.492 e. The molecule has 2 aromatic rings. The van der Waals surface area contributed by atoms with Gasteiger partial charge in [-0.05, 0) is 43.2 Å². The molecule has 0 amide bonds. The Morgan fingerprint density at radius 3 is 2.75 bits per heavy atom. The summed E-state index contributed by atoms with van der Waals surface area (Å²) in [6.45, 7) is 4.44. The number of hydrogen-bond acceptors (Lipinski definition) is 4. The number of benzene rings is 1. The van der Waals surface area contributed by atoms with Crippen LogP contribution >= 0.6 is 11.6 Å². The monoisotopic (exact) mass is 371 g/mol. The van der Waals surface area contributed by atoms with Crippen LogP contribution in [0.25, 0.3) is 0 Å². The van der Waals surface area contributed by atoms with Gasteiger partial charge in [0.25, 0.3) is 0 Å². The van der Waals surface area contributed by atoms with Crippen molar-refractivity contribution in [3.05, 3.63) is 46.9 Å². The second-order valence-corrected chi connectivity index (χ2v) is 7.65. The average Bonchev–Trinajstić information content (AvgIpc) is 3.06. The molecule has 0 fully saturated rings. The van der Waals surface area contributed by atoms with Crippen molar-refractivity contribution in [3.63, 3.8) is 0 Å². The zero-order valence-electron chi connectivity index (χ0n) is 13.8. The first-order chi connectivity index (χ1) is 11.4. The summed E-state index contributed by atoms with van der Waals surface area (Å²) in [6.07, 6.45) is 4.47. The predicted octanol–water partition coefficient (Wildman–Crippen LogP) is 4.29. The first-order valence-electron chi connectivity index (χ1n) is 7.89. The first kappa shape index (κ1) is 18.8. The van der Waals surface area contributed by atoms with Crippen LogP contribution in [0.3, 0.4) is 0 Å². The number of nitrogens with one attached hydrogen (secondary N) is 1. The topological polar surface area (TPSA) is 68.5 Å². The van der Waals surface area contributed by atoms with Gasteiger partial charge in [0.05, 0.1) is 19.4 Å². The van der Waals surface area contributed by atoms with Crippen LogP contribution in [0, 0.1) is 6.92 Å². The van der Waals surface area contributed by atoms with E-state index in [9.17, 15) is 8.42 Å². The van der Waals surface area contributed by atoms with Crippen molar-refractivity contribution in [1.29, 1.82) is 0 Å². The fourth-order valence-corrected chi connectivity index (χ4v) is 3.52. The Morgan fingerprint density at radius 1 is 1.29 bits per heavy atom. The van der Waals surface area contributed by atoms with Crippen molar-refractivity contribution in [3.8, 4) is 5.75 Å². The lowest BCUT2D eigenvalue weighted by Gasteiger charge is -2.14. The molecule has 0 saturated heterocycles. The van der Waals surface area contributed by atoms with Crippen molar-refractivity contribution >= 4 is 21.6 Å². The van der Waals surface area contributed by atoms with E-state index >= 15 is 0 Å². The van der Waals surface area contributed by atoms with Gasteiger partial charge in [-0.15, -0.1) is 0 Å².